The number of nitrogens with zero attached hydrogens (tertiary/aromatic N) is 2. The van der Waals surface area contributed by atoms with E-state index in [0.717, 1.165) is 35.9 Å². The SMILES string of the molecule is C[C@@H](OCc1ccccc1)C(=O)N1CCC[C@H]1c1ccc2ncccc2c1. The van der Waals surface area contributed by atoms with Gasteiger partial charge in [-0.05, 0) is 49.1 Å². The number of carbonyl (C=O) groups is 1. The molecule has 1 aliphatic rings. The van der Waals surface area contributed by atoms with Gasteiger partial charge in [-0.1, -0.05) is 42.5 Å². The summed E-state index contributed by atoms with van der Waals surface area (Å²) in [6.07, 6.45) is 3.36. The number of hydrogen-bond donors (Lipinski definition) is 0. The van der Waals surface area contributed by atoms with Crippen molar-refractivity contribution < 1.29 is 9.53 Å². The summed E-state index contributed by atoms with van der Waals surface area (Å²) in [4.78, 5) is 19.4. The van der Waals surface area contributed by atoms with E-state index in [1.165, 1.54) is 5.56 Å². The van der Waals surface area contributed by atoms with Gasteiger partial charge < -0.3 is 9.64 Å². The van der Waals surface area contributed by atoms with E-state index in [1.54, 1.807) is 6.20 Å². The van der Waals surface area contributed by atoms with E-state index in [2.05, 4.69) is 23.2 Å². The number of carbonyl (C=O) groups excluding carboxylic acids is 1. The highest BCUT2D eigenvalue weighted by atomic mass is 16.5. The Bertz CT molecular complexity index is 926. The average Bonchev–Trinajstić information content (AvgIpc) is 3.21. The number of benzene rings is 2. The number of hydrogen-bond acceptors (Lipinski definition) is 3. The van der Waals surface area contributed by atoms with Gasteiger partial charge >= 0.3 is 0 Å². The number of ether oxygens (including phenoxy) is 1. The van der Waals surface area contributed by atoms with Crippen LogP contribution in [0.2, 0.25) is 0 Å². The highest BCUT2D eigenvalue weighted by Gasteiger charge is 2.32. The number of amides is 1. The molecule has 3 aromatic rings. The molecule has 0 saturated carbocycles. The average molecular weight is 360 g/mol. The minimum absolute atomic E-state index is 0.0692. The summed E-state index contributed by atoms with van der Waals surface area (Å²) in [6.45, 7) is 3.09. The van der Waals surface area contributed by atoms with Crippen molar-refractivity contribution in [2.45, 2.75) is 38.5 Å². The summed E-state index contributed by atoms with van der Waals surface area (Å²) >= 11 is 0. The first-order valence-electron chi connectivity index (χ1n) is 9.53. The fraction of sp³-hybridized carbons (Fsp3) is 0.304. The van der Waals surface area contributed by atoms with E-state index in [-0.39, 0.29) is 11.9 Å². The molecule has 27 heavy (non-hydrogen) atoms. The Kier molecular flexibility index (Phi) is 5.16. The van der Waals surface area contributed by atoms with Crippen molar-refractivity contribution in [2.24, 2.45) is 0 Å². The molecule has 0 N–H and O–H groups in total. The first kappa shape index (κ1) is 17.7. The van der Waals surface area contributed by atoms with Crippen molar-refractivity contribution in [3.8, 4) is 0 Å². The second-order valence-electron chi connectivity index (χ2n) is 7.08. The van der Waals surface area contributed by atoms with Crippen LogP contribution >= 0.6 is 0 Å². The van der Waals surface area contributed by atoms with Crippen LogP contribution in [0.5, 0.6) is 0 Å². The van der Waals surface area contributed by atoms with Crippen LogP contribution in [0.1, 0.15) is 36.9 Å². The maximum atomic E-state index is 13.0. The second kappa shape index (κ2) is 7.89. The Balaban J connectivity index is 1.47. The van der Waals surface area contributed by atoms with Gasteiger partial charge in [0.25, 0.3) is 5.91 Å². The van der Waals surface area contributed by atoms with Crippen molar-refractivity contribution in [1.29, 1.82) is 0 Å². The van der Waals surface area contributed by atoms with E-state index in [1.807, 2.05) is 54.3 Å². The summed E-state index contributed by atoms with van der Waals surface area (Å²) < 4.78 is 5.86. The van der Waals surface area contributed by atoms with Gasteiger partial charge in [0.15, 0.2) is 0 Å². The van der Waals surface area contributed by atoms with Crippen LogP contribution in [0, 0.1) is 0 Å². The number of aromatic nitrogens is 1. The van der Waals surface area contributed by atoms with Crippen LogP contribution in [0.4, 0.5) is 0 Å². The number of pyridine rings is 1. The molecule has 4 rings (SSSR count). The lowest BCUT2D eigenvalue weighted by Crippen LogP contribution is -2.38. The smallest absolute Gasteiger partial charge is 0.251 e. The Morgan fingerprint density at radius 1 is 1.19 bits per heavy atom. The Labute approximate surface area is 159 Å². The molecule has 2 atom stereocenters. The van der Waals surface area contributed by atoms with E-state index < -0.39 is 6.10 Å². The van der Waals surface area contributed by atoms with Crippen LogP contribution in [-0.4, -0.2) is 28.4 Å². The lowest BCUT2D eigenvalue weighted by atomic mass is 10.0. The maximum absolute atomic E-state index is 13.0. The third-order valence-electron chi connectivity index (χ3n) is 5.24. The van der Waals surface area contributed by atoms with Crippen molar-refractivity contribution in [3.05, 3.63) is 78.0 Å². The van der Waals surface area contributed by atoms with E-state index in [0.29, 0.717) is 6.61 Å². The fourth-order valence-electron chi connectivity index (χ4n) is 3.78. The molecule has 1 fully saturated rings. The quantitative estimate of drug-likeness (QED) is 0.673. The highest BCUT2D eigenvalue weighted by Crippen LogP contribution is 2.34. The monoisotopic (exact) mass is 360 g/mol. The molecule has 0 aliphatic carbocycles. The molecular formula is C23H24N2O2. The lowest BCUT2D eigenvalue weighted by molar-refractivity contribution is -0.144. The molecule has 138 valence electrons. The van der Waals surface area contributed by atoms with E-state index >= 15 is 0 Å². The maximum Gasteiger partial charge on any atom is 0.251 e. The molecule has 2 heterocycles. The van der Waals surface area contributed by atoms with Crippen molar-refractivity contribution in [2.75, 3.05) is 6.54 Å². The van der Waals surface area contributed by atoms with Gasteiger partial charge in [-0.3, -0.25) is 9.78 Å². The zero-order chi connectivity index (χ0) is 18.6. The summed E-state index contributed by atoms with van der Waals surface area (Å²) in [5, 5.41) is 1.11. The van der Waals surface area contributed by atoms with Crippen molar-refractivity contribution >= 4 is 16.8 Å². The van der Waals surface area contributed by atoms with Gasteiger partial charge in [-0.2, -0.15) is 0 Å². The molecule has 4 heteroatoms. The molecule has 0 unspecified atom stereocenters. The number of likely N-dealkylation sites (tertiary alicyclic amines) is 1. The molecule has 0 spiro atoms. The van der Waals surface area contributed by atoms with Crippen molar-refractivity contribution in [3.63, 3.8) is 0 Å². The van der Waals surface area contributed by atoms with Gasteiger partial charge in [0.05, 0.1) is 18.2 Å². The molecule has 4 nitrogen and oxygen atoms in total. The Hall–Kier alpha value is -2.72. The van der Waals surface area contributed by atoms with Crippen LogP contribution < -0.4 is 0 Å². The number of rotatable bonds is 5. The predicted octanol–water partition coefficient (Wildman–Crippen LogP) is 4.50. The zero-order valence-corrected chi connectivity index (χ0v) is 15.5. The summed E-state index contributed by atoms with van der Waals surface area (Å²) in [6, 6.07) is 20.4. The molecule has 1 aromatic heterocycles. The predicted molar refractivity (Wildman–Crippen MR) is 106 cm³/mol. The Morgan fingerprint density at radius 2 is 2.04 bits per heavy atom. The van der Waals surface area contributed by atoms with Gasteiger partial charge in [0, 0.05) is 18.1 Å². The van der Waals surface area contributed by atoms with Gasteiger partial charge in [0.2, 0.25) is 0 Å². The van der Waals surface area contributed by atoms with Crippen LogP contribution in [0.25, 0.3) is 10.9 Å². The first-order valence-corrected chi connectivity index (χ1v) is 9.53. The minimum atomic E-state index is -0.451. The lowest BCUT2D eigenvalue weighted by Gasteiger charge is -2.28. The molecule has 0 radical (unpaired) electrons. The molecular weight excluding hydrogens is 336 g/mol. The number of fused-ring (bicyclic) bond motifs is 1. The molecule has 0 bridgehead atoms. The zero-order valence-electron chi connectivity index (χ0n) is 15.5. The minimum Gasteiger partial charge on any atom is -0.364 e. The van der Waals surface area contributed by atoms with Crippen LogP contribution in [-0.2, 0) is 16.1 Å². The third-order valence-corrected chi connectivity index (χ3v) is 5.24. The molecule has 1 saturated heterocycles. The van der Waals surface area contributed by atoms with Gasteiger partial charge in [-0.15, -0.1) is 0 Å². The topological polar surface area (TPSA) is 42.4 Å². The van der Waals surface area contributed by atoms with Gasteiger partial charge in [-0.25, -0.2) is 0 Å². The van der Waals surface area contributed by atoms with Gasteiger partial charge in [0.1, 0.15) is 6.10 Å². The summed E-state index contributed by atoms with van der Waals surface area (Å²) in [7, 11) is 0. The second-order valence-corrected chi connectivity index (χ2v) is 7.08. The standard InChI is InChI=1S/C23H24N2O2/c1-17(27-16-18-7-3-2-4-8-18)23(26)25-14-6-10-22(25)20-11-12-21-19(15-20)9-5-13-24-21/h2-5,7-9,11-13,15,17,22H,6,10,14,16H2,1H3/t17-,22+/m1/s1. The Morgan fingerprint density at radius 3 is 2.89 bits per heavy atom. The normalized spacial score (nSPS) is 18.0. The van der Waals surface area contributed by atoms with Crippen LogP contribution in [0.15, 0.2) is 66.9 Å². The third kappa shape index (κ3) is 3.86. The highest BCUT2D eigenvalue weighted by molar-refractivity contribution is 5.82. The first-order chi connectivity index (χ1) is 13.2. The van der Waals surface area contributed by atoms with E-state index in [9.17, 15) is 4.79 Å². The molecule has 1 amide bonds. The van der Waals surface area contributed by atoms with Crippen molar-refractivity contribution in [1.82, 2.24) is 9.88 Å². The summed E-state index contributed by atoms with van der Waals surface area (Å²) in [5.74, 6) is 0.0692. The van der Waals surface area contributed by atoms with E-state index in [4.69, 9.17) is 4.74 Å². The summed E-state index contributed by atoms with van der Waals surface area (Å²) in [5.41, 5.74) is 3.24. The molecule has 2 aromatic carbocycles. The largest absolute Gasteiger partial charge is 0.364 e. The fourth-order valence-corrected chi connectivity index (χ4v) is 3.78. The van der Waals surface area contributed by atoms with Crippen LogP contribution in [0.3, 0.4) is 0 Å². The molecule has 1 aliphatic heterocycles.